The summed E-state index contributed by atoms with van der Waals surface area (Å²) in [5.74, 6) is 0.863. The zero-order valence-electron chi connectivity index (χ0n) is 10.4. The lowest BCUT2D eigenvalue weighted by Crippen LogP contribution is -2.06. The summed E-state index contributed by atoms with van der Waals surface area (Å²) in [6.07, 6.45) is 2.65. The predicted molar refractivity (Wildman–Crippen MR) is 67.6 cm³/mol. The molecule has 6 heteroatoms. The van der Waals surface area contributed by atoms with E-state index in [0.717, 1.165) is 34.9 Å². The van der Waals surface area contributed by atoms with E-state index >= 15 is 0 Å². The molecule has 6 nitrogen and oxygen atoms in total. The number of aryl methyl sites for hydroxylation is 3. The van der Waals surface area contributed by atoms with Crippen molar-refractivity contribution in [2.24, 2.45) is 7.05 Å². The highest BCUT2D eigenvalue weighted by atomic mass is 15.3. The van der Waals surface area contributed by atoms with Crippen LogP contribution < -0.4 is 11.1 Å². The summed E-state index contributed by atoms with van der Waals surface area (Å²) in [4.78, 5) is 0. The predicted octanol–water partition coefficient (Wildman–Crippen LogP) is 1.21. The van der Waals surface area contributed by atoms with E-state index in [1.54, 1.807) is 4.68 Å². The monoisotopic (exact) mass is 234 g/mol. The van der Waals surface area contributed by atoms with E-state index in [0.29, 0.717) is 6.54 Å². The second-order valence-electron chi connectivity index (χ2n) is 4.06. The van der Waals surface area contributed by atoms with Crippen LogP contribution >= 0.6 is 0 Å². The highest BCUT2D eigenvalue weighted by Gasteiger charge is 2.11. The standard InChI is InChI=1S/C11H18N6/c1-4-9-10(12)11(17(3)16-9)13-5-8-6-14-15-7(8)2/h6,13H,4-5,12H2,1-3H3,(H,14,15). The molecule has 0 fully saturated rings. The zero-order valence-corrected chi connectivity index (χ0v) is 10.4. The Morgan fingerprint density at radius 3 is 2.82 bits per heavy atom. The third-order valence-corrected chi connectivity index (χ3v) is 2.88. The number of nitrogens with two attached hydrogens (primary N) is 1. The molecule has 2 rings (SSSR count). The molecule has 0 amide bonds. The fraction of sp³-hybridized carbons (Fsp3) is 0.455. The smallest absolute Gasteiger partial charge is 0.148 e. The van der Waals surface area contributed by atoms with Crippen molar-refractivity contribution in [1.82, 2.24) is 20.0 Å². The van der Waals surface area contributed by atoms with Crippen molar-refractivity contribution in [3.8, 4) is 0 Å². The molecular formula is C11H18N6. The lowest BCUT2D eigenvalue weighted by Gasteiger charge is -2.06. The highest BCUT2D eigenvalue weighted by Crippen LogP contribution is 2.22. The number of nitrogens with one attached hydrogen (secondary N) is 2. The van der Waals surface area contributed by atoms with Crippen molar-refractivity contribution in [2.45, 2.75) is 26.8 Å². The summed E-state index contributed by atoms with van der Waals surface area (Å²) in [5, 5.41) is 14.5. The first-order valence-electron chi connectivity index (χ1n) is 5.67. The number of aromatic nitrogens is 4. The van der Waals surface area contributed by atoms with Gasteiger partial charge in [-0.2, -0.15) is 10.2 Å². The molecule has 0 unspecified atom stereocenters. The topological polar surface area (TPSA) is 84.5 Å². The Bertz CT molecular complexity index is 510. The van der Waals surface area contributed by atoms with Gasteiger partial charge in [0, 0.05) is 24.8 Å². The number of aromatic amines is 1. The highest BCUT2D eigenvalue weighted by molar-refractivity contribution is 5.65. The molecule has 0 atom stereocenters. The molecule has 0 aliphatic heterocycles. The fourth-order valence-electron chi connectivity index (χ4n) is 1.80. The number of hydrogen-bond acceptors (Lipinski definition) is 4. The normalized spacial score (nSPS) is 10.8. The van der Waals surface area contributed by atoms with Gasteiger partial charge in [0.2, 0.25) is 0 Å². The van der Waals surface area contributed by atoms with Gasteiger partial charge >= 0.3 is 0 Å². The van der Waals surface area contributed by atoms with Crippen molar-refractivity contribution in [3.05, 3.63) is 23.1 Å². The van der Waals surface area contributed by atoms with E-state index in [9.17, 15) is 0 Å². The van der Waals surface area contributed by atoms with Gasteiger partial charge in [-0.3, -0.25) is 9.78 Å². The van der Waals surface area contributed by atoms with E-state index < -0.39 is 0 Å². The zero-order chi connectivity index (χ0) is 12.4. The lowest BCUT2D eigenvalue weighted by molar-refractivity contribution is 0.747. The Balaban J connectivity index is 2.14. The van der Waals surface area contributed by atoms with Gasteiger partial charge in [0.1, 0.15) is 5.82 Å². The summed E-state index contributed by atoms with van der Waals surface area (Å²) in [6, 6.07) is 0. The van der Waals surface area contributed by atoms with E-state index in [1.807, 2.05) is 27.1 Å². The molecule has 2 heterocycles. The quantitative estimate of drug-likeness (QED) is 0.742. The maximum atomic E-state index is 6.02. The Morgan fingerprint density at radius 2 is 2.29 bits per heavy atom. The first kappa shape index (κ1) is 11.5. The molecule has 17 heavy (non-hydrogen) atoms. The third-order valence-electron chi connectivity index (χ3n) is 2.88. The van der Waals surface area contributed by atoms with Gasteiger partial charge in [-0.15, -0.1) is 0 Å². The molecule has 0 aliphatic rings. The number of H-pyrrole nitrogens is 1. The van der Waals surface area contributed by atoms with E-state index in [2.05, 4.69) is 20.6 Å². The van der Waals surface area contributed by atoms with Crippen molar-refractivity contribution in [1.29, 1.82) is 0 Å². The minimum atomic E-state index is 0.690. The van der Waals surface area contributed by atoms with Crippen LogP contribution in [0.4, 0.5) is 11.5 Å². The number of nitrogen functional groups attached to an aromatic ring is 1. The van der Waals surface area contributed by atoms with Crippen LogP contribution in [0, 0.1) is 6.92 Å². The molecular weight excluding hydrogens is 216 g/mol. The van der Waals surface area contributed by atoms with E-state index in [-0.39, 0.29) is 0 Å². The second-order valence-corrected chi connectivity index (χ2v) is 4.06. The Labute approximate surface area is 100 Å². The molecule has 92 valence electrons. The molecule has 2 aromatic rings. The van der Waals surface area contributed by atoms with Crippen LogP contribution in [0.25, 0.3) is 0 Å². The van der Waals surface area contributed by atoms with Gasteiger partial charge in [-0.1, -0.05) is 6.92 Å². The minimum Gasteiger partial charge on any atom is -0.394 e. The van der Waals surface area contributed by atoms with Crippen LogP contribution in [-0.4, -0.2) is 20.0 Å². The SMILES string of the molecule is CCc1nn(C)c(NCc2cn[nH]c2C)c1N. The third kappa shape index (κ3) is 2.11. The molecule has 4 N–H and O–H groups in total. The van der Waals surface area contributed by atoms with E-state index in [1.165, 1.54) is 0 Å². The summed E-state index contributed by atoms with van der Waals surface area (Å²) in [5.41, 5.74) is 9.88. The Morgan fingerprint density at radius 1 is 1.53 bits per heavy atom. The average molecular weight is 234 g/mol. The van der Waals surface area contributed by atoms with Crippen molar-refractivity contribution < 1.29 is 0 Å². The van der Waals surface area contributed by atoms with Crippen molar-refractivity contribution in [2.75, 3.05) is 11.1 Å². The van der Waals surface area contributed by atoms with Crippen LogP contribution in [0.5, 0.6) is 0 Å². The van der Waals surface area contributed by atoms with Crippen LogP contribution in [0.15, 0.2) is 6.20 Å². The van der Waals surface area contributed by atoms with Gasteiger partial charge in [0.15, 0.2) is 0 Å². The maximum Gasteiger partial charge on any atom is 0.148 e. The molecule has 0 aromatic carbocycles. The lowest BCUT2D eigenvalue weighted by atomic mass is 10.2. The second kappa shape index (κ2) is 4.48. The molecule has 2 aromatic heterocycles. The summed E-state index contributed by atoms with van der Waals surface area (Å²) in [7, 11) is 1.89. The van der Waals surface area contributed by atoms with Gasteiger partial charge in [-0.25, -0.2) is 0 Å². The summed E-state index contributed by atoms with van der Waals surface area (Å²) < 4.78 is 1.78. The molecule has 0 radical (unpaired) electrons. The molecule has 0 spiro atoms. The summed E-state index contributed by atoms with van der Waals surface area (Å²) in [6.45, 7) is 4.73. The average Bonchev–Trinajstić information content (AvgIpc) is 2.82. The van der Waals surface area contributed by atoms with Gasteiger partial charge in [-0.05, 0) is 13.3 Å². The van der Waals surface area contributed by atoms with Crippen LogP contribution in [-0.2, 0) is 20.0 Å². The van der Waals surface area contributed by atoms with E-state index in [4.69, 9.17) is 5.73 Å². The van der Waals surface area contributed by atoms with Crippen LogP contribution in [0.1, 0.15) is 23.9 Å². The van der Waals surface area contributed by atoms with Crippen LogP contribution in [0.2, 0.25) is 0 Å². The van der Waals surface area contributed by atoms with Crippen molar-refractivity contribution in [3.63, 3.8) is 0 Å². The van der Waals surface area contributed by atoms with Gasteiger partial charge in [0.05, 0.1) is 17.6 Å². The number of anilines is 2. The van der Waals surface area contributed by atoms with Crippen LogP contribution in [0.3, 0.4) is 0 Å². The first-order valence-corrected chi connectivity index (χ1v) is 5.67. The minimum absolute atomic E-state index is 0.690. The number of hydrogen-bond donors (Lipinski definition) is 3. The maximum absolute atomic E-state index is 6.02. The van der Waals surface area contributed by atoms with Gasteiger partial charge in [0.25, 0.3) is 0 Å². The first-order chi connectivity index (χ1) is 8.13. The molecule has 0 saturated carbocycles. The molecule has 0 saturated heterocycles. The summed E-state index contributed by atoms with van der Waals surface area (Å²) >= 11 is 0. The Hall–Kier alpha value is -1.98. The molecule has 0 aliphatic carbocycles. The van der Waals surface area contributed by atoms with Gasteiger partial charge < -0.3 is 11.1 Å². The molecule has 0 bridgehead atoms. The number of nitrogens with zero attached hydrogens (tertiary/aromatic N) is 3. The van der Waals surface area contributed by atoms with Crippen molar-refractivity contribution >= 4 is 11.5 Å². The largest absolute Gasteiger partial charge is 0.394 e. The number of rotatable bonds is 4. The Kier molecular flexibility index (Phi) is 3.03. The fourth-order valence-corrected chi connectivity index (χ4v) is 1.80.